The van der Waals surface area contributed by atoms with Gasteiger partial charge in [-0.05, 0) is 41.5 Å². The van der Waals surface area contributed by atoms with Crippen LogP contribution >= 0.6 is 0 Å². The maximum Gasteiger partial charge on any atom is 0.333 e. The molecule has 0 radical (unpaired) electrons. The van der Waals surface area contributed by atoms with Crippen LogP contribution < -0.4 is 0 Å². The van der Waals surface area contributed by atoms with Crippen molar-refractivity contribution in [1.82, 2.24) is 0 Å². The topological polar surface area (TPSA) is 113 Å². The highest BCUT2D eigenvalue weighted by molar-refractivity contribution is 5.79. The highest BCUT2D eigenvalue weighted by Crippen LogP contribution is 2.14. The Balaban J connectivity index is 0. The van der Waals surface area contributed by atoms with Crippen molar-refractivity contribution in [2.45, 2.75) is 65.3 Å². The molecule has 0 aliphatic heterocycles. The third kappa shape index (κ3) is 19.3. The Morgan fingerprint density at radius 3 is 1.37 bits per heavy atom. The summed E-state index contributed by atoms with van der Waals surface area (Å²) in [5, 5.41) is 24.1. The zero-order chi connectivity index (χ0) is 15.9. The summed E-state index contributed by atoms with van der Waals surface area (Å²) in [6.07, 6.45) is -2.54. The fourth-order valence-corrected chi connectivity index (χ4v) is 0.503. The van der Waals surface area contributed by atoms with Crippen molar-refractivity contribution >= 4 is 11.9 Å². The summed E-state index contributed by atoms with van der Waals surface area (Å²) in [6.45, 7) is 11.7. The van der Waals surface area contributed by atoms with E-state index < -0.39 is 24.5 Å². The Hall–Kier alpha value is -1.18. The second-order valence-corrected chi connectivity index (χ2v) is 5.84. The first-order chi connectivity index (χ1) is 8.24. The third-order valence-electron chi connectivity index (χ3n) is 1.19. The molecule has 3 N–H and O–H groups in total. The fraction of sp³-hybridized carbons (Fsp3) is 0.833. The predicted octanol–water partition coefficient (Wildman–Crippen LogP) is 1.44. The molecule has 0 aromatic carbocycles. The van der Waals surface area contributed by atoms with Gasteiger partial charge in [0.1, 0.15) is 0 Å². The van der Waals surface area contributed by atoms with Crippen molar-refractivity contribution in [2.24, 2.45) is 0 Å². The van der Waals surface area contributed by atoms with Gasteiger partial charge in [-0.3, -0.25) is 4.79 Å². The van der Waals surface area contributed by atoms with Crippen LogP contribution in [0.15, 0.2) is 0 Å². The van der Waals surface area contributed by atoms with Crippen LogP contribution in [0.2, 0.25) is 0 Å². The van der Waals surface area contributed by atoms with Gasteiger partial charge in [0.2, 0.25) is 0 Å². The molecule has 7 nitrogen and oxygen atoms in total. The first kappa shape index (κ1) is 20.1. The lowest BCUT2D eigenvalue weighted by Gasteiger charge is -2.24. The Morgan fingerprint density at radius 2 is 1.26 bits per heavy atom. The molecular formula is C12H24O7. The third-order valence-corrected chi connectivity index (χ3v) is 1.19. The highest BCUT2D eigenvalue weighted by atomic mass is 17.2. The molecule has 0 spiro atoms. The molecule has 0 rings (SSSR count). The summed E-state index contributed by atoms with van der Waals surface area (Å²) in [4.78, 5) is 29.6. The zero-order valence-electron chi connectivity index (χ0n) is 12.3. The van der Waals surface area contributed by atoms with E-state index in [1.54, 1.807) is 0 Å². The SMILES string of the molecule is CC(C)(C)OOC(C)(C)C.O=C(O)CC(O)C(=O)O. The molecule has 0 fully saturated rings. The van der Waals surface area contributed by atoms with Crippen LogP contribution in [-0.4, -0.2) is 44.6 Å². The smallest absolute Gasteiger partial charge is 0.333 e. The van der Waals surface area contributed by atoms with Crippen molar-refractivity contribution < 1.29 is 34.7 Å². The van der Waals surface area contributed by atoms with Gasteiger partial charge in [-0.25, -0.2) is 14.6 Å². The molecule has 0 aliphatic carbocycles. The van der Waals surface area contributed by atoms with Gasteiger partial charge in [-0.15, -0.1) is 0 Å². The van der Waals surface area contributed by atoms with Gasteiger partial charge in [0.05, 0.1) is 17.6 Å². The summed E-state index contributed by atoms with van der Waals surface area (Å²) in [5.41, 5.74) is -0.430. The number of aliphatic hydroxyl groups is 1. The van der Waals surface area contributed by atoms with E-state index >= 15 is 0 Å². The predicted molar refractivity (Wildman–Crippen MR) is 67.6 cm³/mol. The second kappa shape index (κ2) is 8.08. The number of hydrogen-bond acceptors (Lipinski definition) is 5. The van der Waals surface area contributed by atoms with E-state index in [0.29, 0.717) is 0 Å². The van der Waals surface area contributed by atoms with Crippen molar-refractivity contribution in [2.75, 3.05) is 0 Å². The van der Waals surface area contributed by atoms with Gasteiger partial charge in [0, 0.05) is 0 Å². The molecule has 1 unspecified atom stereocenters. The minimum atomic E-state index is -1.79. The van der Waals surface area contributed by atoms with Crippen molar-refractivity contribution in [1.29, 1.82) is 0 Å². The van der Waals surface area contributed by atoms with Crippen LogP contribution in [0.25, 0.3) is 0 Å². The number of carbonyl (C=O) groups is 2. The van der Waals surface area contributed by atoms with Crippen LogP contribution in [0.1, 0.15) is 48.0 Å². The molecule has 0 bridgehead atoms. The number of carboxylic acids is 2. The van der Waals surface area contributed by atoms with Crippen molar-refractivity contribution in [3.63, 3.8) is 0 Å². The van der Waals surface area contributed by atoms with Gasteiger partial charge in [0.25, 0.3) is 0 Å². The number of aliphatic hydroxyl groups excluding tert-OH is 1. The van der Waals surface area contributed by atoms with Crippen LogP contribution in [0.4, 0.5) is 0 Å². The van der Waals surface area contributed by atoms with E-state index in [1.807, 2.05) is 41.5 Å². The van der Waals surface area contributed by atoms with E-state index in [2.05, 4.69) is 0 Å². The molecule has 7 heteroatoms. The van der Waals surface area contributed by atoms with Crippen LogP contribution in [0, 0.1) is 0 Å². The van der Waals surface area contributed by atoms with Gasteiger partial charge in [-0.1, -0.05) is 0 Å². The molecule has 0 saturated heterocycles. The second-order valence-electron chi connectivity index (χ2n) is 5.84. The minimum Gasteiger partial charge on any atom is -0.481 e. The Labute approximate surface area is 113 Å². The van der Waals surface area contributed by atoms with Crippen LogP contribution in [0.5, 0.6) is 0 Å². The lowest BCUT2D eigenvalue weighted by Crippen LogP contribution is -2.27. The number of carboxylic acid groups (broad SMARTS) is 2. The largest absolute Gasteiger partial charge is 0.481 e. The summed E-state index contributed by atoms with van der Waals surface area (Å²) in [6, 6.07) is 0. The maximum atomic E-state index is 9.72. The average molecular weight is 280 g/mol. The number of aliphatic carboxylic acids is 2. The van der Waals surface area contributed by atoms with Crippen LogP contribution in [-0.2, 0) is 19.4 Å². The normalized spacial score (nSPS) is 13.2. The molecule has 114 valence electrons. The first-order valence-corrected chi connectivity index (χ1v) is 5.74. The fourth-order valence-electron chi connectivity index (χ4n) is 0.503. The van der Waals surface area contributed by atoms with Gasteiger partial charge in [-0.2, -0.15) is 0 Å². The molecule has 19 heavy (non-hydrogen) atoms. The van der Waals surface area contributed by atoms with Crippen molar-refractivity contribution in [3.05, 3.63) is 0 Å². The highest BCUT2D eigenvalue weighted by Gasteiger charge is 2.18. The Morgan fingerprint density at radius 1 is 0.947 bits per heavy atom. The molecule has 0 saturated carbocycles. The summed E-state index contributed by atoms with van der Waals surface area (Å²) in [5.74, 6) is -2.85. The average Bonchev–Trinajstić information content (AvgIpc) is 2.12. The van der Waals surface area contributed by atoms with Gasteiger partial charge in [0.15, 0.2) is 6.10 Å². The molecular weight excluding hydrogens is 256 g/mol. The Kier molecular flexibility index (Phi) is 8.57. The Bertz CT molecular complexity index is 271. The van der Waals surface area contributed by atoms with Gasteiger partial charge >= 0.3 is 11.9 Å². The summed E-state index contributed by atoms with van der Waals surface area (Å²) >= 11 is 0. The number of rotatable bonds is 4. The summed E-state index contributed by atoms with van der Waals surface area (Å²) < 4.78 is 0. The standard InChI is InChI=1S/C8H18O2.C4H6O5/c1-7(2,3)9-10-8(4,5)6;5-2(4(8)9)1-3(6)7/h1-6H3;2,5H,1H2,(H,6,7)(H,8,9). The molecule has 0 aliphatic rings. The summed E-state index contributed by atoms with van der Waals surface area (Å²) in [7, 11) is 0. The molecule has 0 amide bonds. The molecule has 0 aromatic heterocycles. The lowest BCUT2D eigenvalue weighted by atomic mass is 10.2. The zero-order valence-corrected chi connectivity index (χ0v) is 12.3. The maximum absolute atomic E-state index is 9.72. The van der Waals surface area contributed by atoms with E-state index in [1.165, 1.54) is 0 Å². The molecule has 1 atom stereocenters. The number of hydrogen-bond donors (Lipinski definition) is 3. The van der Waals surface area contributed by atoms with Gasteiger partial charge < -0.3 is 15.3 Å². The van der Waals surface area contributed by atoms with E-state index in [0.717, 1.165) is 0 Å². The molecule has 0 aromatic rings. The van der Waals surface area contributed by atoms with Crippen LogP contribution in [0.3, 0.4) is 0 Å². The first-order valence-electron chi connectivity index (χ1n) is 5.74. The van der Waals surface area contributed by atoms with E-state index in [9.17, 15) is 9.59 Å². The van der Waals surface area contributed by atoms with E-state index in [-0.39, 0.29) is 11.2 Å². The monoisotopic (exact) mass is 280 g/mol. The lowest BCUT2D eigenvalue weighted by molar-refractivity contribution is -0.393. The minimum absolute atomic E-state index is 0.215. The molecule has 0 heterocycles. The quantitative estimate of drug-likeness (QED) is 0.527. The van der Waals surface area contributed by atoms with E-state index in [4.69, 9.17) is 25.1 Å². The van der Waals surface area contributed by atoms with Crippen molar-refractivity contribution in [3.8, 4) is 0 Å².